The van der Waals surface area contributed by atoms with Gasteiger partial charge in [0.2, 0.25) is 0 Å². The summed E-state index contributed by atoms with van der Waals surface area (Å²) < 4.78 is 5.45. The zero-order valence-corrected chi connectivity index (χ0v) is 10.6. The van der Waals surface area contributed by atoms with Crippen molar-refractivity contribution in [3.8, 4) is 5.75 Å². The van der Waals surface area contributed by atoms with Gasteiger partial charge in [0.15, 0.2) is 6.73 Å². The number of hydrogen-bond acceptors (Lipinski definition) is 4. The van der Waals surface area contributed by atoms with Crippen LogP contribution in [0, 0.1) is 0 Å². The molecule has 2 aliphatic heterocycles. The van der Waals surface area contributed by atoms with Gasteiger partial charge in [0.25, 0.3) is 5.91 Å². The van der Waals surface area contributed by atoms with Gasteiger partial charge in [-0.1, -0.05) is 11.6 Å². The van der Waals surface area contributed by atoms with Crippen molar-refractivity contribution in [3.05, 3.63) is 22.7 Å². The fourth-order valence-electron chi connectivity index (χ4n) is 2.26. The Morgan fingerprint density at radius 1 is 1.28 bits per heavy atom. The number of benzene rings is 1. The van der Waals surface area contributed by atoms with Gasteiger partial charge in [-0.2, -0.15) is 0 Å². The summed E-state index contributed by atoms with van der Waals surface area (Å²) in [6.07, 6.45) is 0. The first-order valence-corrected chi connectivity index (χ1v) is 6.34. The van der Waals surface area contributed by atoms with Crippen LogP contribution in [0.5, 0.6) is 5.75 Å². The zero-order chi connectivity index (χ0) is 12.5. The molecule has 2 aliphatic rings. The molecule has 0 bridgehead atoms. The molecule has 1 saturated heterocycles. The maximum atomic E-state index is 11.7. The van der Waals surface area contributed by atoms with E-state index in [-0.39, 0.29) is 12.6 Å². The second kappa shape index (κ2) is 4.66. The number of halogens is 1. The van der Waals surface area contributed by atoms with Crippen LogP contribution in [-0.4, -0.2) is 38.8 Å². The molecule has 1 aromatic rings. The monoisotopic (exact) mass is 267 g/mol. The van der Waals surface area contributed by atoms with Gasteiger partial charge in [-0.15, -0.1) is 0 Å². The summed E-state index contributed by atoms with van der Waals surface area (Å²) in [4.78, 5) is 13.9. The normalized spacial score (nSPS) is 18.9. The molecule has 1 aromatic carbocycles. The highest BCUT2D eigenvalue weighted by molar-refractivity contribution is 6.33. The van der Waals surface area contributed by atoms with Gasteiger partial charge in [-0.05, 0) is 6.07 Å². The number of carbonyl (C=O) groups is 1. The molecule has 0 radical (unpaired) electrons. The lowest BCUT2D eigenvalue weighted by molar-refractivity contribution is 0.0883. The number of carbonyl (C=O) groups excluding carboxylic acids is 1. The average molecular weight is 268 g/mol. The third-order valence-corrected chi connectivity index (χ3v) is 3.51. The SMILES string of the molecule is O=C1NCOc2cc(N3CCNCC3)c(Cl)cc21. The number of fused-ring (bicyclic) bond motifs is 1. The van der Waals surface area contributed by atoms with Crippen molar-refractivity contribution in [1.29, 1.82) is 0 Å². The number of nitrogens with zero attached hydrogens (tertiary/aromatic N) is 1. The first kappa shape index (κ1) is 11.6. The van der Waals surface area contributed by atoms with Crippen molar-refractivity contribution in [1.82, 2.24) is 10.6 Å². The number of ether oxygens (including phenoxy) is 1. The second-order valence-electron chi connectivity index (χ2n) is 4.33. The van der Waals surface area contributed by atoms with Crippen molar-refractivity contribution in [3.63, 3.8) is 0 Å². The van der Waals surface area contributed by atoms with E-state index in [2.05, 4.69) is 15.5 Å². The van der Waals surface area contributed by atoms with Gasteiger partial charge >= 0.3 is 0 Å². The molecule has 1 fully saturated rings. The Morgan fingerprint density at radius 2 is 2.06 bits per heavy atom. The topological polar surface area (TPSA) is 53.6 Å². The molecule has 5 nitrogen and oxygen atoms in total. The van der Waals surface area contributed by atoms with Gasteiger partial charge in [-0.25, -0.2) is 0 Å². The summed E-state index contributed by atoms with van der Waals surface area (Å²) in [5.41, 5.74) is 1.44. The standard InChI is InChI=1S/C12H14ClN3O2/c13-9-5-8-11(18-7-15-12(8)17)6-10(9)16-3-1-14-2-4-16/h5-6,14H,1-4,7H2,(H,15,17). The van der Waals surface area contributed by atoms with Crippen LogP contribution in [0.3, 0.4) is 0 Å². The molecule has 0 atom stereocenters. The minimum absolute atomic E-state index is 0.134. The van der Waals surface area contributed by atoms with E-state index in [0.29, 0.717) is 16.3 Å². The Morgan fingerprint density at radius 3 is 2.83 bits per heavy atom. The van der Waals surface area contributed by atoms with Crippen LogP contribution in [0.25, 0.3) is 0 Å². The lowest BCUT2D eigenvalue weighted by Crippen LogP contribution is -2.43. The first-order chi connectivity index (χ1) is 8.75. The first-order valence-electron chi connectivity index (χ1n) is 5.96. The third kappa shape index (κ3) is 2.00. The highest BCUT2D eigenvalue weighted by atomic mass is 35.5. The van der Waals surface area contributed by atoms with Crippen LogP contribution in [0.1, 0.15) is 10.4 Å². The van der Waals surface area contributed by atoms with Gasteiger partial charge in [-0.3, -0.25) is 4.79 Å². The predicted octanol–water partition coefficient (Wildman–Crippen LogP) is 0.829. The lowest BCUT2D eigenvalue weighted by atomic mass is 10.1. The van der Waals surface area contributed by atoms with Crippen molar-refractivity contribution in [2.75, 3.05) is 37.8 Å². The average Bonchev–Trinajstić information content (AvgIpc) is 2.40. The number of rotatable bonds is 1. The van der Waals surface area contributed by atoms with Gasteiger partial charge in [0, 0.05) is 32.2 Å². The molecule has 2 heterocycles. The molecule has 6 heteroatoms. The van der Waals surface area contributed by atoms with Crippen LogP contribution >= 0.6 is 11.6 Å². The Hall–Kier alpha value is -1.46. The van der Waals surface area contributed by atoms with E-state index in [4.69, 9.17) is 16.3 Å². The Balaban J connectivity index is 1.98. The summed E-state index contributed by atoms with van der Waals surface area (Å²) in [7, 11) is 0. The predicted molar refractivity (Wildman–Crippen MR) is 69.5 cm³/mol. The zero-order valence-electron chi connectivity index (χ0n) is 9.83. The molecule has 18 heavy (non-hydrogen) atoms. The van der Waals surface area contributed by atoms with Crippen molar-refractivity contribution >= 4 is 23.2 Å². The van der Waals surface area contributed by atoms with Crippen LogP contribution in [-0.2, 0) is 0 Å². The third-order valence-electron chi connectivity index (χ3n) is 3.21. The summed E-state index contributed by atoms with van der Waals surface area (Å²) in [6, 6.07) is 3.55. The Bertz CT molecular complexity index is 486. The summed E-state index contributed by atoms with van der Waals surface area (Å²) in [5, 5.41) is 6.51. The van der Waals surface area contributed by atoms with E-state index in [1.54, 1.807) is 6.07 Å². The molecular formula is C12H14ClN3O2. The van der Waals surface area contributed by atoms with Gasteiger partial charge in [0.05, 0.1) is 16.3 Å². The van der Waals surface area contributed by atoms with Crippen molar-refractivity contribution < 1.29 is 9.53 Å². The minimum Gasteiger partial charge on any atom is -0.472 e. The fourth-order valence-corrected chi connectivity index (χ4v) is 2.55. The van der Waals surface area contributed by atoms with Crippen molar-refractivity contribution in [2.45, 2.75) is 0 Å². The number of amides is 1. The molecule has 2 N–H and O–H groups in total. The van der Waals surface area contributed by atoms with E-state index in [0.717, 1.165) is 31.9 Å². The van der Waals surface area contributed by atoms with E-state index >= 15 is 0 Å². The molecule has 96 valence electrons. The fraction of sp³-hybridized carbons (Fsp3) is 0.417. The lowest BCUT2D eigenvalue weighted by Gasteiger charge is -2.31. The molecule has 3 rings (SSSR count). The highest BCUT2D eigenvalue weighted by Gasteiger charge is 2.22. The second-order valence-corrected chi connectivity index (χ2v) is 4.74. The van der Waals surface area contributed by atoms with E-state index in [9.17, 15) is 4.79 Å². The summed E-state index contributed by atoms with van der Waals surface area (Å²) >= 11 is 6.26. The highest BCUT2D eigenvalue weighted by Crippen LogP contribution is 2.34. The van der Waals surface area contributed by atoms with Crippen LogP contribution in [0.4, 0.5) is 5.69 Å². The van der Waals surface area contributed by atoms with Crippen LogP contribution < -0.4 is 20.3 Å². The number of nitrogens with one attached hydrogen (secondary N) is 2. The van der Waals surface area contributed by atoms with E-state index < -0.39 is 0 Å². The quantitative estimate of drug-likeness (QED) is 0.791. The van der Waals surface area contributed by atoms with E-state index in [1.165, 1.54) is 0 Å². The van der Waals surface area contributed by atoms with E-state index in [1.807, 2.05) is 6.07 Å². The molecule has 0 aliphatic carbocycles. The Labute approximate surface area is 110 Å². The maximum Gasteiger partial charge on any atom is 0.257 e. The van der Waals surface area contributed by atoms with Crippen LogP contribution in [0.15, 0.2) is 12.1 Å². The number of hydrogen-bond donors (Lipinski definition) is 2. The molecule has 0 unspecified atom stereocenters. The van der Waals surface area contributed by atoms with Gasteiger partial charge in [0.1, 0.15) is 5.75 Å². The van der Waals surface area contributed by atoms with Crippen molar-refractivity contribution in [2.24, 2.45) is 0 Å². The smallest absolute Gasteiger partial charge is 0.257 e. The van der Waals surface area contributed by atoms with Crippen LogP contribution in [0.2, 0.25) is 5.02 Å². The molecule has 0 saturated carbocycles. The van der Waals surface area contributed by atoms with Gasteiger partial charge < -0.3 is 20.3 Å². The molecule has 0 spiro atoms. The minimum atomic E-state index is -0.134. The number of anilines is 1. The largest absolute Gasteiger partial charge is 0.472 e. The number of piperazine rings is 1. The summed E-state index contributed by atoms with van der Waals surface area (Å²) in [6.45, 7) is 3.91. The molecular weight excluding hydrogens is 254 g/mol. The Kier molecular flexibility index (Phi) is 3.01. The summed E-state index contributed by atoms with van der Waals surface area (Å²) in [5.74, 6) is 0.474. The maximum absolute atomic E-state index is 11.7. The molecule has 1 amide bonds. The molecule has 0 aromatic heterocycles.